The lowest BCUT2D eigenvalue weighted by Gasteiger charge is -2.11. The molecule has 0 saturated carbocycles. The largest absolute Gasteiger partial charge is 0.464 e. The lowest BCUT2D eigenvalue weighted by molar-refractivity contribution is -0.138. The quantitative estimate of drug-likeness (QED) is 0.686. The maximum absolute atomic E-state index is 12.7. The van der Waals surface area contributed by atoms with Crippen molar-refractivity contribution in [1.82, 2.24) is 0 Å². The van der Waals surface area contributed by atoms with Gasteiger partial charge in [0.15, 0.2) is 0 Å². The van der Waals surface area contributed by atoms with Crippen LogP contribution in [-0.4, -0.2) is 0 Å². The van der Waals surface area contributed by atoms with Gasteiger partial charge in [-0.25, -0.2) is 0 Å². The van der Waals surface area contributed by atoms with Crippen LogP contribution in [0, 0.1) is 0 Å². The number of hydrogen-bond donors (Lipinski definition) is 0. The Morgan fingerprint density at radius 2 is 1.94 bits per heavy atom. The van der Waals surface area contributed by atoms with E-state index in [9.17, 15) is 13.2 Å². The van der Waals surface area contributed by atoms with E-state index in [-0.39, 0.29) is 15.1 Å². The maximum atomic E-state index is 12.7. The van der Waals surface area contributed by atoms with E-state index < -0.39 is 11.7 Å². The van der Waals surface area contributed by atoms with E-state index >= 15 is 0 Å². The number of rotatable bonds is 1. The van der Waals surface area contributed by atoms with Crippen LogP contribution in [0.25, 0.3) is 11.3 Å². The molecular weight excluding hydrogens is 320 g/mol. The van der Waals surface area contributed by atoms with Crippen molar-refractivity contribution in [2.24, 2.45) is 0 Å². The summed E-state index contributed by atoms with van der Waals surface area (Å²) in [6.07, 6.45) is -3.06. The summed E-state index contributed by atoms with van der Waals surface area (Å²) >= 11 is 8.73. The molecule has 0 bridgehead atoms. The van der Waals surface area contributed by atoms with Crippen molar-refractivity contribution in [3.05, 3.63) is 45.6 Å². The molecule has 0 amide bonds. The summed E-state index contributed by atoms with van der Waals surface area (Å²) in [5.74, 6) is 0.299. The van der Waals surface area contributed by atoms with Gasteiger partial charge in [-0.1, -0.05) is 27.5 Å². The fourth-order valence-corrected chi connectivity index (χ4v) is 2.34. The second-order valence-electron chi connectivity index (χ2n) is 3.29. The highest BCUT2D eigenvalue weighted by atomic mass is 79.9. The minimum atomic E-state index is -4.44. The van der Waals surface area contributed by atoms with Crippen LogP contribution in [-0.2, 0) is 6.18 Å². The SMILES string of the molecule is FC(F)(F)c1cc(-c2ccco2)c(Cl)cc1Br. The summed E-state index contributed by atoms with van der Waals surface area (Å²) in [4.78, 5) is 0. The molecule has 0 saturated heterocycles. The molecule has 90 valence electrons. The molecule has 0 radical (unpaired) electrons. The molecule has 0 aliphatic carbocycles. The van der Waals surface area contributed by atoms with Crippen LogP contribution in [0.1, 0.15) is 5.56 Å². The summed E-state index contributed by atoms with van der Waals surface area (Å²) in [5.41, 5.74) is -0.569. The molecule has 1 aromatic carbocycles. The first-order chi connectivity index (χ1) is 7.89. The third-order valence-corrected chi connectivity index (χ3v) is 3.12. The molecule has 1 nitrogen and oxygen atoms in total. The lowest BCUT2D eigenvalue weighted by Crippen LogP contribution is -2.06. The summed E-state index contributed by atoms with van der Waals surface area (Å²) < 4.78 is 43.0. The Morgan fingerprint density at radius 3 is 2.47 bits per heavy atom. The van der Waals surface area contributed by atoms with Gasteiger partial charge in [-0.2, -0.15) is 13.2 Å². The Hall–Kier alpha value is -0.940. The topological polar surface area (TPSA) is 13.1 Å². The molecule has 0 unspecified atom stereocenters. The fourth-order valence-electron chi connectivity index (χ4n) is 1.39. The fraction of sp³-hybridized carbons (Fsp3) is 0.0909. The molecular formula is C11H5BrClF3O. The summed E-state index contributed by atoms with van der Waals surface area (Å²) in [7, 11) is 0. The molecule has 2 rings (SSSR count). The first-order valence-corrected chi connectivity index (χ1v) is 5.67. The molecule has 0 N–H and O–H groups in total. The Morgan fingerprint density at radius 1 is 1.24 bits per heavy atom. The summed E-state index contributed by atoms with van der Waals surface area (Å²) in [6.45, 7) is 0. The van der Waals surface area contributed by atoms with E-state index in [1.165, 1.54) is 12.3 Å². The third-order valence-electron chi connectivity index (χ3n) is 2.15. The van der Waals surface area contributed by atoms with Crippen LogP contribution in [0.2, 0.25) is 5.02 Å². The number of halogens is 5. The van der Waals surface area contributed by atoms with Gasteiger partial charge in [0.1, 0.15) is 5.76 Å². The Bertz CT molecular complexity index is 534. The molecule has 6 heteroatoms. The Balaban J connectivity index is 2.62. The van der Waals surface area contributed by atoms with Crippen LogP contribution in [0.5, 0.6) is 0 Å². The van der Waals surface area contributed by atoms with E-state index in [2.05, 4.69) is 15.9 Å². The molecule has 1 heterocycles. The zero-order valence-corrected chi connectivity index (χ0v) is 10.5. The first-order valence-electron chi connectivity index (χ1n) is 4.49. The molecule has 0 fully saturated rings. The molecule has 1 aromatic heterocycles. The molecule has 0 spiro atoms. The molecule has 17 heavy (non-hydrogen) atoms. The highest BCUT2D eigenvalue weighted by Crippen LogP contribution is 2.40. The van der Waals surface area contributed by atoms with Crippen LogP contribution < -0.4 is 0 Å². The minimum Gasteiger partial charge on any atom is -0.464 e. The monoisotopic (exact) mass is 324 g/mol. The van der Waals surface area contributed by atoms with E-state index in [0.717, 1.165) is 6.07 Å². The van der Waals surface area contributed by atoms with Crippen LogP contribution >= 0.6 is 27.5 Å². The number of benzene rings is 1. The van der Waals surface area contributed by atoms with Crippen molar-refractivity contribution in [3.63, 3.8) is 0 Å². The maximum Gasteiger partial charge on any atom is 0.417 e. The van der Waals surface area contributed by atoms with Crippen LogP contribution in [0.15, 0.2) is 39.4 Å². The Labute approximate surface area is 108 Å². The predicted octanol–water partition coefficient (Wildman–Crippen LogP) is 5.38. The van der Waals surface area contributed by atoms with Gasteiger partial charge in [-0.3, -0.25) is 0 Å². The van der Waals surface area contributed by atoms with Gasteiger partial charge in [-0.15, -0.1) is 0 Å². The smallest absolute Gasteiger partial charge is 0.417 e. The van der Waals surface area contributed by atoms with Gasteiger partial charge < -0.3 is 4.42 Å². The predicted molar refractivity (Wildman–Crippen MR) is 61.9 cm³/mol. The van der Waals surface area contributed by atoms with Crippen molar-refractivity contribution >= 4 is 27.5 Å². The highest BCUT2D eigenvalue weighted by Gasteiger charge is 2.34. The summed E-state index contributed by atoms with van der Waals surface area (Å²) in [5, 5.41) is 0.194. The van der Waals surface area contributed by atoms with E-state index in [1.807, 2.05) is 0 Å². The highest BCUT2D eigenvalue weighted by molar-refractivity contribution is 9.10. The number of hydrogen-bond acceptors (Lipinski definition) is 1. The van der Waals surface area contributed by atoms with Gasteiger partial charge in [0.25, 0.3) is 0 Å². The minimum absolute atomic E-state index is 0.0923. The summed E-state index contributed by atoms with van der Waals surface area (Å²) in [6, 6.07) is 5.31. The van der Waals surface area contributed by atoms with Gasteiger partial charge in [-0.05, 0) is 24.3 Å². The van der Waals surface area contributed by atoms with Gasteiger partial charge >= 0.3 is 6.18 Å². The third kappa shape index (κ3) is 2.50. The van der Waals surface area contributed by atoms with Crippen LogP contribution in [0.4, 0.5) is 13.2 Å². The lowest BCUT2D eigenvalue weighted by atomic mass is 10.1. The number of furan rings is 1. The molecule has 0 aliphatic heterocycles. The second-order valence-corrected chi connectivity index (χ2v) is 4.55. The van der Waals surface area contributed by atoms with Gasteiger partial charge in [0.2, 0.25) is 0 Å². The van der Waals surface area contributed by atoms with Crippen molar-refractivity contribution < 1.29 is 17.6 Å². The van der Waals surface area contributed by atoms with E-state index in [1.54, 1.807) is 12.1 Å². The van der Waals surface area contributed by atoms with Crippen molar-refractivity contribution in [2.45, 2.75) is 6.18 Å². The van der Waals surface area contributed by atoms with Crippen molar-refractivity contribution in [1.29, 1.82) is 0 Å². The Kier molecular flexibility index (Phi) is 3.23. The number of alkyl halides is 3. The zero-order chi connectivity index (χ0) is 12.6. The van der Waals surface area contributed by atoms with Crippen LogP contribution in [0.3, 0.4) is 0 Å². The van der Waals surface area contributed by atoms with E-state index in [0.29, 0.717) is 5.76 Å². The average molecular weight is 326 g/mol. The van der Waals surface area contributed by atoms with Gasteiger partial charge in [0.05, 0.1) is 16.8 Å². The standard InChI is InChI=1S/C11H5BrClF3O/c12-8-5-9(13)6(10-2-1-3-17-10)4-7(8)11(14,15)16/h1-5H. The van der Waals surface area contributed by atoms with Gasteiger partial charge in [0, 0.05) is 10.0 Å². The van der Waals surface area contributed by atoms with Crippen molar-refractivity contribution in [2.75, 3.05) is 0 Å². The second kappa shape index (κ2) is 4.38. The van der Waals surface area contributed by atoms with Crippen molar-refractivity contribution in [3.8, 4) is 11.3 Å². The molecule has 0 aliphatic rings. The first kappa shape index (κ1) is 12.5. The molecule has 2 aromatic rings. The normalized spacial score (nSPS) is 11.8. The van der Waals surface area contributed by atoms with E-state index in [4.69, 9.17) is 16.0 Å². The average Bonchev–Trinajstić information content (AvgIpc) is 2.68. The zero-order valence-electron chi connectivity index (χ0n) is 8.18. The molecule has 0 atom stereocenters.